The molecule has 0 aromatic heterocycles. The SMILES string of the molecule is Cc1c2ccccc2c(C)c2c1ccc1ccc(C#N)cc12. The molecule has 22 heavy (non-hydrogen) atoms. The van der Waals surface area contributed by atoms with Crippen LogP contribution >= 0.6 is 0 Å². The third kappa shape index (κ3) is 1.64. The van der Waals surface area contributed by atoms with E-state index < -0.39 is 0 Å². The molecule has 0 saturated heterocycles. The van der Waals surface area contributed by atoms with E-state index in [2.05, 4.69) is 56.3 Å². The van der Waals surface area contributed by atoms with E-state index in [0.717, 1.165) is 0 Å². The maximum absolute atomic E-state index is 9.21. The molecule has 0 unspecified atom stereocenters. The molecule has 0 aliphatic heterocycles. The maximum atomic E-state index is 9.21. The van der Waals surface area contributed by atoms with Gasteiger partial charge < -0.3 is 0 Å². The molecule has 1 nitrogen and oxygen atoms in total. The molecule has 0 spiro atoms. The molecule has 0 radical (unpaired) electrons. The molecule has 0 saturated carbocycles. The van der Waals surface area contributed by atoms with Gasteiger partial charge in [-0.3, -0.25) is 0 Å². The summed E-state index contributed by atoms with van der Waals surface area (Å²) in [5.74, 6) is 0. The molecule has 4 aromatic carbocycles. The lowest BCUT2D eigenvalue weighted by molar-refractivity contribution is 1.49. The molecule has 0 aliphatic carbocycles. The maximum Gasteiger partial charge on any atom is 0.0991 e. The van der Waals surface area contributed by atoms with Crippen LogP contribution in [0.15, 0.2) is 54.6 Å². The van der Waals surface area contributed by atoms with Gasteiger partial charge in [-0.25, -0.2) is 0 Å². The number of fused-ring (bicyclic) bond motifs is 4. The van der Waals surface area contributed by atoms with Crippen LogP contribution in [0, 0.1) is 25.2 Å². The zero-order valence-corrected chi connectivity index (χ0v) is 12.6. The summed E-state index contributed by atoms with van der Waals surface area (Å²) in [6, 6.07) is 21.1. The zero-order chi connectivity index (χ0) is 15.3. The van der Waals surface area contributed by atoms with Crippen LogP contribution < -0.4 is 0 Å². The lowest BCUT2D eigenvalue weighted by Gasteiger charge is -2.14. The first kappa shape index (κ1) is 12.9. The summed E-state index contributed by atoms with van der Waals surface area (Å²) in [4.78, 5) is 0. The minimum Gasteiger partial charge on any atom is -0.192 e. The second kappa shape index (κ2) is 4.58. The van der Waals surface area contributed by atoms with E-state index in [4.69, 9.17) is 0 Å². The summed E-state index contributed by atoms with van der Waals surface area (Å²) in [6.07, 6.45) is 0. The molecular weight excluding hydrogens is 266 g/mol. The van der Waals surface area contributed by atoms with Gasteiger partial charge in [0.05, 0.1) is 11.6 Å². The predicted molar refractivity (Wildman–Crippen MR) is 93.1 cm³/mol. The molecule has 0 fully saturated rings. The second-order valence-corrected chi connectivity index (χ2v) is 5.83. The van der Waals surface area contributed by atoms with Crippen LogP contribution in [-0.4, -0.2) is 0 Å². The van der Waals surface area contributed by atoms with Crippen LogP contribution in [0.5, 0.6) is 0 Å². The molecule has 0 heterocycles. The van der Waals surface area contributed by atoms with Crippen molar-refractivity contribution in [2.45, 2.75) is 13.8 Å². The fraction of sp³-hybridized carbons (Fsp3) is 0.0952. The van der Waals surface area contributed by atoms with Crippen LogP contribution in [0.1, 0.15) is 16.7 Å². The molecule has 0 bridgehead atoms. The van der Waals surface area contributed by atoms with E-state index in [1.54, 1.807) is 0 Å². The highest BCUT2D eigenvalue weighted by Gasteiger charge is 2.11. The normalized spacial score (nSPS) is 11.1. The Hall–Kier alpha value is -2.85. The van der Waals surface area contributed by atoms with Crippen LogP contribution in [0.3, 0.4) is 0 Å². The number of nitrogens with zero attached hydrogens (tertiary/aromatic N) is 1. The third-order valence-electron chi connectivity index (χ3n) is 4.66. The number of benzene rings is 4. The highest BCUT2D eigenvalue weighted by molar-refractivity contribution is 6.16. The van der Waals surface area contributed by atoms with Crippen molar-refractivity contribution in [1.29, 1.82) is 5.26 Å². The lowest BCUT2D eigenvalue weighted by atomic mass is 9.89. The lowest BCUT2D eigenvalue weighted by Crippen LogP contribution is -1.90. The van der Waals surface area contributed by atoms with Gasteiger partial charge in [0, 0.05) is 0 Å². The first-order valence-electron chi connectivity index (χ1n) is 7.45. The number of aryl methyl sites for hydroxylation is 2. The van der Waals surface area contributed by atoms with Gasteiger partial charge in [0.1, 0.15) is 0 Å². The molecule has 0 N–H and O–H groups in total. The van der Waals surface area contributed by atoms with E-state index in [-0.39, 0.29) is 0 Å². The van der Waals surface area contributed by atoms with Crippen molar-refractivity contribution in [1.82, 2.24) is 0 Å². The van der Waals surface area contributed by atoms with E-state index in [1.165, 1.54) is 43.4 Å². The molecule has 4 rings (SSSR count). The number of hydrogen-bond acceptors (Lipinski definition) is 1. The molecule has 1 heteroatoms. The molecule has 4 aromatic rings. The van der Waals surface area contributed by atoms with Crippen molar-refractivity contribution in [3.8, 4) is 6.07 Å². The fourth-order valence-corrected chi connectivity index (χ4v) is 3.52. The van der Waals surface area contributed by atoms with Gasteiger partial charge in [-0.1, -0.05) is 42.5 Å². The van der Waals surface area contributed by atoms with Crippen molar-refractivity contribution in [3.05, 3.63) is 71.3 Å². The number of hydrogen-bond donors (Lipinski definition) is 0. The Morgan fingerprint density at radius 1 is 0.727 bits per heavy atom. The van der Waals surface area contributed by atoms with E-state index in [1.807, 2.05) is 18.2 Å². The summed E-state index contributed by atoms with van der Waals surface area (Å²) in [7, 11) is 0. The number of nitriles is 1. The summed E-state index contributed by atoms with van der Waals surface area (Å²) >= 11 is 0. The Morgan fingerprint density at radius 3 is 2.14 bits per heavy atom. The van der Waals surface area contributed by atoms with E-state index >= 15 is 0 Å². The Bertz CT molecular complexity index is 1100. The monoisotopic (exact) mass is 281 g/mol. The minimum atomic E-state index is 0.713. The van der Waals surface area contributed by atoms with Crippen molar-refractivity contribution < 1.29 is 0 Å². The van der Waals surface area contributed by atoms with E-state index in [9.17, 15) is 5.26 Å². The van der Waals surface area contributed by atoms with Gasteiger partial charge in [-0.15, -0.1) is 0 Å². The molecular formula is C21H15N. The third-order valence-corrected chi connectivity index (χ3v) is 4.66. The van der Waals surface area contributed by atoms with Crippen LogP contribution in [0.2, 0.25) is 0 Å². The average Bonchev–Trinajstić information content (AvgIpc) is 2.58. The quantitative estimate of drug-likeness (QED) is 0.302. The van der Waals surface area contributed by atoms with Gasteiger partial charge in [0.2, 0.25) is 0 Å². The van der Waals surface area contributed by atoms with Gasteiger partial charge in [-0.2, -0.15) is 5.26 Å². The number of rotatable bonds is 0. The summed E-state index contributed by atoms with van der Waals surface area (Å²) in [5.41, 5.74) is 3.31. The molecule has 104 valence electrons. The Morgan fingerprint density at radius 2 is 1.41 bits per heavy atom. The minimum absolute atomic E-state index is 0.713. The summed E-state index contributed by atoms with van der Waals surface area (Å²) in [5, 5.41) is 16.7. The summed E-state index contributed by atoms with van der Waals surface area (Å²) < 4.78 is 0. The first-order chi connectivity index (χ1) is 10.7. The fourth-order valence-electron chi connectivity index (χ4n) is 3.52. The zero-order valence-electron chi connectivity index (χ0n) is 12.6. The Balaban J connectivity index is 2.34. The van der Waals surface area contributed by atoms with Gasteiger partial charge in [-0.05, 0) is 69.4 Å². The largest absolute Gasteiger partial charge is 0.192 e. The van der Waals surface area contributed by atoms with Crippen molar-refractivity contribution >= 4 is 32.3 Å². The molecule has 0 atom stereocenters. The Labute approximate surface area is 129 Å². The van der Waals surface area contributed by atoms with Crippen LogP contribution in [0.4, 0.5) is 0 Å². The smallest absolute Gasteiger partial charge is 0.0991 e. The first-order valence-corrected chi connectivity index (χ1v) is 7.45. The van der Waals surface area contributed by atoms with Gasteiger partial charge >= 0.3 is 0 Å². The second-order valence-electron chi connectivity index (χ2n) is 5.83. The molecule has 0 amide bonds. The van der Waals surface area contributed by atoms with Crippen molar-refractivity contribution in [2.24, 2.45) is 0 Å². The topological polar surface area (TPSA) is 23.8 Å². The van der Waals surface area contributed by atoms with Crippen molar-refractivity contribution in [2.75, 3.05) is 0 Å². The standard InChI is InChI=1S/C21H15N/c1-13-17-5-3-4-6-18(17)14(2)21-19(13)10-9-16-8-7-15(12-22)11-20(16)21/h3-11H,1-2H3. The van der Waals surface area contributed by atoms with E-state index in [0.29, 0.717) is 5.56 Å². The highest BCUT2D eigenvalue weighted by Crippen LogP contribution is 2.36. The average molecular weight is 281 g/mol. The highest BCUT2D eigenvalue weighted by atomic mass is 14.2. The summed E-state index contributed by atoms with van der Waals surface area (Å²) in [6.45, 7) is 4.37. The van der Waals surface area contributed by atoms with Gasteiger partial charge in [0.15, 0.2) is 0 Å². The van der Waals surface area contributed by atoms with Gasteiger partial charge in [0.25, 0.3) is 0 Å². The van der Waals surface area contributed by atoms with Crippen LogP contribution in [0.25, 0.3) is 32.3 Å². The van der Waals surface area contributed by atoms with Crippen LogP contribution in [-0.2, 0) is 0 Å². The molecule has 0 aliphatic rings. The van der Waals surface area contributed by atoms with Crippen molar-refractivity contribution in [3.63, 3.8) is 0 Å². The Kier molecular flexibility index (Phi) is 2.68. The predicted octanol–water partition coefficient (Wildman–Crippen LogP) is 5.63.